The Morgan fingerprint density at radius 3 is 2.88 bits per heavy atom. The van der Waals surface area contributed by atoms with E-state index in [1.54, 1.807) is 0 Å². The van der Waals surface area contributed by atoms with Crippen molar-refractivity contribution in [3.8, 4) is 10.8 Å². The van der Waals surface area contributed by atoms with Crippen LogP contribution >= 0.6 is 11.3 Å². The van der Waals surface area contributed by atoms with Crippen molar-refractivity contribution in [3.63, 3.8) is 0 Å². The zero-order valence-electron chi connectivity index (χ0n) is 14.1. The molecule has 130 valence electrons. The Kier molecular flexibility index (Phi) is 5.68. The number of nitrogens with zero attached hydrogens (tertiary/aromatic N) is 1. The molecular weight excluding hydrogens is 322 g/mol. The maximum absolute atomic E-state index is 12.3. The van der Waals surface area contributed by atoms with E-state index in [2.05, 4.69) is 10.3 Å². The lowest BCUT2D eigenvalue weighted by Crippen LogP contribution is -2.46. The number of nitrogens with two attached hydrogens (primary N) is 1. The number of thiazole rings is 1. The third-order valence-corrected chi connectivity index (χ3v) is 5.57. The molecule has 0 saturated heterocycles. The van der Waals surface area contributed by atoms with Gasteiger partial charge in [-0.2, -0.15) is 0 Å². The molecule has 1 saturated carbocycles. The number of carbonyl (C=O) groups excluding carboxylic acids is 1. The zero-order chi connectivity index (χ0) is 16.9. The number of furan rings is 1. The smallest absolute Gasteiger partial charge is 0.226 e. The molecule has 0 bridgehead atoms. The average molecular weight is 347 g/mol. The van der Waals surface area contributed by atoms with E-state index in [0.717, 1.165) is 22.2 Å². The number of aryl methyl sites for hydroxylation is 1. The van der Waals surface area contributed by atoms with Gasteiger partial charge in [0.05, 0.1) is 12.1 Å². The van der Waals surface area contributed by atoms with Crippen LogP contribution in [0.15, 0.2) is 21.9 Å². The molecular formula is C18H25N3O2S. The molecule has 0 radical (unpaired) electrons. The van der Waals surface area contributed by atoms with Gasteiger partial charge in [-0.1, -0.05) is 19.3 Å². The van der Waals surface area contributed by atoms with Gasteiger partial charge in [-0.05, 0) is 37.8 Å². The predicted molar refractivity (Wildman–Crippen MR) is 95.8 cm³/mol. The standard InChI is InChI=1S/C18H25N3O2S/c1-12-7-8-16(23-12)18-20-14(11-24-18)9-17(22)21-15(10-19)13-5-3-2-4-6-13/h7-8,11,13,15H,2-6,9-10,19H2,1H3,(H,21,22). The Bertz CT molecular complexity index is 673. The predicted octanol–water partition coefficient (Wildman–Crippen LogP) is 3.28. The summed E-state index contributed by atoms with van der Waals surface area (Å²) in [5.41, 5.74) is 6.67. The molecule has 5 nitrogen and oxygen atoms in total. The Balaban J connectivity index is 1.57. The maximum Gasteiger partial charge on any atom is 0.226 e. The number of nitrogens with one attached hydrogen (secondary N) is 1. The highest BCUT2D eigenvalue weighted by molar-refractivity contribution is 7.13. The van der Waals surface area contributed by atoms with Gasteiger partial charge >= 0.3 is 0 Å². The number of aromatic nitrogens is 1. The number of amides is 1. The summed E-state index contributed by atoms with van der Waals surface area (Å²) < 4.78 is 5.58. The van der Waals surface area contributed by atoms with Crippen molar-refractivity contribution < 1.29 is 9.21 Å². The van der Waals surface area contributed by atoms with E-state index in [1.165, 1.54) is 43.4 Å². The van der Waals surface area contributed by atoms with Crippen LogP contribution in [0.1, 0.15) is 43.6 Å². The summed E-state index contributed by atoms with van der Waals surface area (Å²) in [7, 11) is 0. The fourth-order valence-corrected chi connectivity index (χ4v) is 4.16. The number of rotatable bonds is 6. The second-order valence-electron chi connectivity index (χ2n) is 6.54. The molecule has 2 aromatic rings. The van der Waals surface area contributed by atoms with Gasteiger partial charge < -0.3 is 15.5 Å². The molecule has 0 aliphatic heterocycles. The summed E-state index contributed by atoms with van der Waals surface area (Å²) >= 11 is 1.50. The highest BCUT2D eigenvalue weighted by Crippen LogP contribution is 2.27. The highest BCUT2D eigenvalue weighted by Gasteiger charge is 2.24. The topological polar surface area (TPSA) is 81.2 Å². The number of hydrogen-bond donors (Lipinski definition) is 2. The molecule has 1 aliphatic carbocycles. The molecule has 1 unspecified atom stereocenters. The molecule has 3 N–H and O–H groups in total. The van der Waals surface area contributed by atoms with Crippen LogP contribution in [0.25, 0.3) is 10.8 Å². The molecule has 6 heteroatoms. The molecule has 1 amide bonds. The van der Waals surface area contributed by atoms with Gasteiger partial charge in [-0.3, -0.25) is 4.79 Å². The summed E-state index contributed by atoms with van der Waals surface area (Å²) in [6.07, 6.45) is 6.42. The minimum absolute atomic E-state index is 0.00324. The average Bonchev–Trinajstić information content (AvgIpc) is 3.22. The minimum Gasteiger partial charge on any atom is -0.459 e. The van der Waals surface area contributed by atoms with Gasteiger partial charge in [0.25, 0.3) is 0 Å². The van der Waals surface area contributed by atoms with E-state index in [4.69, 9.17) is 10.2 Å². The van der Waals surface area contributed by atoms with Crippen LogP contribution in [0.2, 0.25) is 0 Å². The number of hydrogen-bond acceptors (Lipinski definition) is 5. The molecule has 1 aliphatic rings. The molecule has 24 heavy (non-hydrogen) atoms. The first kappa shape index (κ1) is 17.2. The van der Waals surface area contributed by atoms with Gasteiger partial charge in [-0.25, -0.2) is 4.98 Å². The van der Waals surface area contributed by atoms with E-state index < -0.39 is 0 Å². The van der Waals surface area contributed by atoms with Gasteiger partial charge in [0, 0.05) is 18.0 Å². The maximum atomic E-state index is 12.3. The second kappa shape index (κ2) is 7.94. The van der Waals surface area contributed by atoms with Gasteiger partial charge in [-0.15, -0.1) is 11.3 Å². The summed E-state index contributed by atoms with van der Waals surface area (Å²) in [5.74, 6) is 2.14. The number of carbonyl (C=O) groups is 1. The van der Waals surface area contributed by atoms with Crippen LogP contribution < -0.4 is 11.1 Å². The molecule has 1 fully saturated rings. The Morgan fingerprint density at radius 1 is 1.42 bits per heavy atom. The van der Waals surface area contributed by atoms with Crippen molar-refractivity contribution in [1.29, 1.82) is 0 Å². The van der Waals surface area contributed by atoms with Crippen molar-refractivity contribution >= 4 is 17.2 Å². The van der Waals surface area contributed by atoms with Gasteiger partial charge in [0.15, 0.2) is 10.8 Å². The fourth-order valence-electron chi connectivity index (χ4n) is 3.38. The third-order valence-electron chi connectivity index (χ3n) is 4.66. The third kappa shape index (κ3) is 4.24. The van der Waals surface area contributed by atoms with Crippen LogP contribution in [0.3, 0.4) is 0 Å². The lowest BCUT2D eigenvalue weighted by molar-refractivity contribution is -0.121. The first-order valence-corrected chi connectivity index (χ1v) is 9.54. The lowest BCUT2D eigenvalue weighted by Gasteiger charge is -2.30. The summed E-state index contributed by atoms with van der Waals surface area (Å²) in [6, 6.07) is 3.91. The Morgan fingerprint density at radius 2 is 2.21 bits per heavy atom. The van der Waals surface area contributed by atoms with E-state index in [-0.39, 0.29) is 11.9 Å². The first-order chi connectivity index (χ1) is 11.7. The quantitative estimate of drug-likeness (QED) is 0.840. The van der Waals surface area contributed by atoms with E-state index in [1.807, 2.05) is 24.4 Å². The second-order valence-corrected chi connectivity index (χ2v) is 7.40. The van der Waals surface area contributed by atoms with Gasteiger partial charge in [0.2, 0.25) is 5.91 Å². The molecule has 3 rings (SSSR count). The van der Waals surface area contributed by atoms with E-state index in [0.29, 0.717) is 18.9 Å². The summed E-state index contributed by atoms with van der Waals surface area (Å²) in [4.78, 5) is 16.9. The summed E-state index contributed by atoms with van der Waals surface area (Å²) in [6.45, 7) is 2.41. The van der Waals surface area contributed by atoms with Gasteiger partial charge in [0.1, 0.15) is 5.76 Å². The molecule has 2 aromatic heterocycles. The minimum atomic E-state index is 0.00324. The fraction of sp³-hybridized carbons (Fsp3) is 0.556. The Hall–Kier alpha value is -1.66. The zero-order valence-corrected chi connectivity index (χ0v) is 14.9. The van der Waals surface area contributed by atoms with E-state index in [9.17, 15) is 4.79 Å². The van der Waals surface area contributed by atoms with Crippen molar-refractivity contribution in [3.05, 3.63) is 29.0 Å². The molecule has 1 atom stereocenters. The first-order valence-electron chi connectivity index (χ1n) is 8.66. The normalized spacial score (nSPS) is 16.9. The monoisotopic (exact) mass is 347 g/mol. The van der Waals surface area contributed by atoms with Crippen LogP contribution in [0, 0.1) is 12.8 Å². The highest BCUT2D eigenvalue weighted by atomic mass is 32.1. The van der Waals surface area contributed by atoms with Crippen LogP contribution in [0.5, 0.6) is 0 Å². The molecule has 0 aromatic carbocycles. The van der Waals surface area contributed by atoms with E-state index >= 15 is 0 Å². The van der Waals surface area contributed by atoms with Crippen LogP contribution in [0.4, 0.5) is 0 Å². The van der Waals surface area contributed by atoms with Crippen molar-refractivity contribution in [2.45, 2.75) is 51.5 Å². The lowest BCUT2D eigenvalue weighted by atomic mass is 9.84. The summed E-state index contributed by atoms with van der Waals surface area (Å²) in [5, 5.41) is 5.85. The van der Waals surface area contributed by atoms with Crippen LogP contribution in [-0.4, -0.2) is 23.5 Å². The Labute approximate surface area is 146 Å². The van der Waals surface area contributed by atoms with Crippen LogP contribution in [-0.2, 0) is 11.2 Å². The largest absolute Gasteiger partial charge is 0.459 e. The van der Waals surface area contributed by atoms with Crippen molar-refractivity contribution in [2.75, 3.05) is 6.54 Å². The molecule has 2 heterocycles. The van der Waals surface area contributed by atoms with Crippen molar-refractivity contribution in [2.24, 2.45) is 11.7 Å². The SMILES string of the molecule is Cc1ccc(-c2nc(CC(=O)NC(CN)C3CCCCC3)cs2)o1. The molecule has 0 spiro atoms. The van der Waals surface area contributed by atoms with Crippen molar-refractivity contribution in [1.82, 2.24) is 10.3 Å².